The second kappa shape index (κ2) is 17.7. The lowest BCUT2D eigenvalue weighted by Gasteiger charge is -2.27. The molecule has 2 aliphatic rings. The van der Waals surface area contributed by atoms with Crippen LogP contribution in [0, 0.1) is 32.1 Å². The van der Waals surface area contributed by atoms with Gasteiger partial charge >= 0.3 is 0 Å². The summed E-state index contributed by atoms with van der Waals surface area (Å²) < 4.78 is 0. The number of benzene rings is 2. The third-order valence-electron chi connectivity index (χ3n) is 9.22. The number of aromatic hydroxyl groups is 2. The molecular weight excluding hydrogens is 629 g/mol. The van der Waals surface area contributed by atoms with Crippen molar-refractivity contribution >= 4 is 11.6 Å². The monoisotopic (exact) mass is 699 g/mol. The fourth-order valence-corrected chi connectivity index (χ4v) is 5.96. The molecule has 2 N–H and O–H groups in total. The second-order valence-corrected chi connectivity index (χ2v) is 18.7. The molecule has 4 rings (SSSR count). The van der Waals surface area contributed by atoms with Crippen molar-refractivity contribution in [2.75, 3.05) is 0 Å². The van der Waals surface area contributed by atoms with Gasteiger partial charge in [0.1, 0.15) is 11.5 Å². The number of phenolic OH excluding ortho intramolecular Hbond substituents is 2. The summed E-state index contributed by atoms with van der Waals surface area (Å²) in [5.41, 5.74) is 9.74. The van der Waals surface area contributed by atoms with Gasteiger partial charge in [-0.25, -0.2) is 0 Å². The molecule has 0 aromatic heterocycles. The third kappa shape index (κ3) is 14.5. The minimum Gasteiger partial charge on any atom is -0.507 e. The Bertz CT molecular complexity index is 1610. The van der Waals surface area contributed by atoms with E-state index in [2.05, 4.69) is 121 Å². The van der Waals surface area contributed by atoms with Gasteiger partial charge in [-0.3, -0.25) is 9.59 Å². The Labute approximate surface area is 311 Å². The number of hydrogen-bond donors (Lipinski definition) is 2. The maximum atomic E-state index is 11.3. The largest absolute Gasteiger partial charge is 0.507 e. The summed E-state index contributed by atoms with van der Waals surface area (Å²) in [5, 5.41) is 20.2. The Morgan fingerprint density at radius 3 is 1.45 bits per heavy atom. The first kappa shape index (κ1) is 45.4. The lowest BCUT2D eigenvalue weighted by atomic mass is 9.78. The Kier molecular flexibility index (Phi) is 15.8. The van der Waals surface area contributed by atoms with E-state index in [0.717, 1.165) is 28.2 Å². The van der Waals surface area contributed by atoms with Crippen LogP contribution in [-0.4, -0.2) is 21.8 Å². The van der Waals surface area contributed by atoms with Gasteiger partial charge in [0.2, 0.25) is 0 Å². The van der Waals surface area contributed by atoms with E-state index in [1.54, 1.807) is 5.57 Å². The highest BCUT2D eigenvalue weighted by molar-refractivity contribution is 6.17. The minimum atomic E-state index is -0.239. The van der Waals surface area contributed by atoms with Crippen LogP contribution in [0.3, 0.4) is 0 Å². The quantitative estimate of drug-likeness (QED) is 0.230. The Hall–Kier alpha value is -3.66. The number of allylic oxidation sites excluding steroid dienone is 7. The number of ketones is 2. The van der Waals surface area contributed by atoms with Gasteiger partial charge in [-0.2, -0.15) is 0 Å². The van der Waals surface area contributed by atoms with Crippen LogP contribution in [0.1, 0.15) is 150 Å². The number of phenols is 2. The molecule has 0 radical (unpaired) electrons. The average molecular weight is 699 g/mol. The molecule has 1 atom stereocenters. The molecule has 282 valence electrons. The molecule has 0 aliphatic heterocycles. The van der Waals surface area contributed by atoms with Gasteiger partial charge in [-0.1, -0.05) is 142 Å². The van der Waals surface area contributed by atoms with E-state index in [4.69, 9.17) is 0 Å². The molecular formula is C47H70O4. The van der Waals surface area contributed by atoms with Gasteiger partial charge in [0.05, 0.1) is 0 Å². The van der Waals surface area contributed by atoms with Gasteiger partial charge in [0.25, 0.3) is 0 Å². The highest BCUT2D eigenvalue weighted by atomic mass is 16.3. The Balaban J connectivity index is 0.000000344. The lowest BCUT2D eigenvalue weighted by molar-refractivity contribution is -0.115. The predicted octanol–water partition coefficient (Wildman–Crippen LogP) is 12.6. The standard InChI is InChI=1S/C15H24O.C12H18O.C10H12O2.C10H16/c1-10-8-11(14(2,3)4)13(16)12(9-10)15(5,6)7;1-8-6-9(2)11(13)10(7-8)12(3,4)5;1-10(2,3)8-6-7(11)4-5-9(8)12;1-8(2)10-6-4-9(3)5-7-10/h8-9,16H,1-7H3;6-7,13H,1-5H3;4-6H,1-3H3;4,10H,1,5-7H2,2-3H3. The molecule has 2 aromatic rings. The molecule has 1 unspecified atom stereocenters. The van der Waals surface area contributed by atoms with Gasteiger partial charge in [-0.15, -0.1) is 0 Å². The molecule has 0 amide bonds. The summed E-state index contributed by atoms with van der Waals surface area (Å²) in [6, 6.07) is 8.24. The van der Waals surface area contributed by atoms with Crippen molar-refractivity contribution in [2.45, 2.75) is 153 Å². The fraction of sp³-hybridized carbons (Fsp3) is 0.532. The third-order valence-corrected chi connectivity index (χ3v) is 9.22. The van der Waals surface area contributed by atoms with Crippen LogP contribution in [0.5, 0.6) is 11.5 Å². The van der Waals surface area contributed by atoms with E-state index < -0.39 is 0 Å². The normalized spacial score (nSPS) is 16.4. The van der Waals surface area contributed by atoms with Crippen molar-refractivity contribution in [1.82, 2.24) is 0 Å². The van der Waals surface area contributed by atoms with Gasteiger partial charge < -0.3 is 10.2 Å². The van der Waals surface area contributed by atoms with Crippen LogP contribution >= 0.6 is 0 Å². The number of rotatable bonds is 1. The highest BCUT2D eigenvalue weighted by Crippen LogP contribution is 2.39. The van der Waals surface area contributed by atoms with E-state index in [1.165, 1.54) is 54.2 Å². The molecule has 0 fully saturated rings. The minimum absolute atomic E-state index is 0.0147. The van der Waals surface area contributed by atoms with Gasteiger partial charge in [-0.05, 0) is 122 Å². The first-order valence-corrected chi connectivity index (χ1v) is 18.4. The second-order valence-electron chi connectivity index (χ2n) is 18.7. The molecule has 2 aromatic carbocycles. The van der Waals surface area contributed by atoms with E-state index in [0.29, 0.717) is 17.1 Å². The van der Waals surface area contributed by atoms with Crippen molar-refractivity contribution in [2.24, 2.45) is 11.3 Å². The maximum absolute atomic E-state index is 11.3. The van der Waals surface area contributed by atoms with Crippen LogP contribution in [0.4, 0.5) is 0 Å². The van der Waals surface area contributed by atoms with Crippen molar-refractivity contribution in [3.05, 3.63) is 105 Å². The Morgan fingerprint density at radius 2 is 1.10 bits per heavy atom. The predicted molar refractivity (Wildman–Crippen MR) is 219 cm³/mol. The van der Waals surface area contributed by atoms with Gasteiger partial charge in [0, 0.05) is 5.57 Å². The number of hydrogen-bond acceptors (Lipinski definition) is 4. The van der Waals surface area contributed by atoms with E-state index in [-0.39, 0.29) is 33.2 Å². The number of carbonyl (C=O) groups excluding carboxylic acids is 2. The van der Waals surface area contributed by atoms with E-state index in [9.17, 15) is 19.8 Å². The molecule has 0 saturated carbocycles. The van der Waals surface area contributed by atoms with E-state index >= 15 is 0 Å². The van der Waals surface area contributed by atoms with Crippen LogP contribution < -0.4 is 0 Å². The zero-order valence-electron chi connectivity index (χ0n) is 35.2. The zero-order valence-corrected chi connectivity index (χ0v) is 35.2. The van der Waals surface area contributed by atoms with Gasteiger partial charge in [0.15, 0.2) is 11.6 Å². The molecule has 4 heteroatoms. The van der Waals surface area contributed by atoms with Crippen LogP contribution in [-0.2, 0) is 25.8 Å². The summed E-state index contributed by atoms with van der Waals surface area (Å²) in [5.74, 6) is 1.52. The van der Waals surface area contributed by atoms with Crippen molar-refractivity contribution < 1.29 is 19.8 Å². The van der Waals surface area contributed by atoms with Crippen molar-refractivity contribution in [3.8, 4) is 11.5 Å². The number of carbonyl (C=O) groups is 2. The van der Waals surface area contributed by atoms with Crippen LogP contribution in [0.25, 0.3) is 0 Å². The highest BCUT2D eigenvalue weighted by Gasteiger charge is 2.26. The molecule has 0 bridgehead atoms. The summed E-state index contributed by atoms with van der Waals surface area (Å²) in [6.07, 6.45) is 10.2. The SMILES string of the molecule is C=C(C)C1CC=C(C)CC1.CC(C)(C)C1=CC(=O)C=CC1=O.Cc1cc(C(C)(C)C)c(O)c(C(C)(C)C)c1.Cc1cc(C)c(O)c(C(C)(C)C)c1. The number of aryl methyl sites for hydroxylation is 3. The molecule has 0 saturated heterocycles. The van der Waals surface area contributed by atoms with Crippen molar-refractivity contribution in [3.63, 3.8) is 0 Å². The molecule has 4 nitrogen and oxygen atoms in total. The summed E-state index contributed by atoms with van der Waals surface area (Å²) in [4.78, 5) is 22.2. The zero-order chi connectivity index (χ0) is 39.9. The van der Waals surface area contributed by atoms with Crippen LogP contribution in [0.15, 0.2) is 71.9 Å². The van der Waals surface area contributed by atoms with Crippen LogP contribution in [0.2, 0.25) is 0 Å². The molecule has 51 heavy (non-hydrogen) atoms. The summed E-state index contributed by atoms with van der Waals surface area (Å²) in [7, 11) is 0. The fourth-order valence-electron chi connectivity index (χ4n) is 5.96. The van der Waals surface area contributed by atoms with Crippen molar-refractivity contribution in [1.29, 1.82) is 0 Å². The molecule has 2 aliphatic carbocycles. The lowest BCUT2D eigenvalue weighted by Crippen LogP contribution is -2.20. The smallest absolute Gasteiger partial charge is 0.182 e. The average Bonchev–Trinajstić information content (AvgIpc) is 2.96. The summed E-state index contributed by atoms with van der Waals surface area (Å²) in [6.45, 7) is 39.3. The van der Waals surface area contributed by atoms with E-state index in [1.807, 2.05) is 33.8 Å². The molecule has 0 heterocycles. The summed E-state index contributed by atoms with van der Waals surface area (Å²) >= 11 is 0. The topological polar surface area (TPSA) is 74.6 Å². The molecule has 0 spiro atoms. The maximum Gasteiger partial charge on any atom is 0.182 e. The first-order valence-electron chi connectivity index (χ1n) is 18.4. The first-order chi connectivity index (χ1) is 23.0. The Morgan fingerprint density at radius 1 is 0.667 bits per heavy atom.